The summed E-state index contributed by atoms with van der Waals surface area (Å²) in [5, 5.41) is 2.83. The minimum absolute atomic E-state index is 0.00599. The molecule has 0 bridgehead atoms. The number of benzene rings is 1. The van der Waals surface area contributed by atoms with E-state index in [-0.39, 0.29) is 5.91 Å². The molecule has 2 aromatic rings. The highest BCUT2D eigenvalue weighted by atomic mass is 16.5. The molecule has 0 saturated heterocycles. The topological polar surface area (TPSA) is 64.1 Å². The summed E-state index contributed by atoms with van der Waals surface area (Å²) in [5.41, 5.74) is 1.87. The predicted octanol–water partition coefficient (Wildman–Crippen LogP) is 1.73. The second kappa shape index (κ2) is 7.23. The molecule has 2 rings (SSSR count). The summed E-state index contributed by atoms with van der Waals surface area (Å²) in [6.07, 6.45) is 6.01. The van der Waals surface area contributed by atoms with Gasteiger partial charge in [0, 0.05) is 18.8 Å². The third kappa shape index (κ3) is 4.35. The second-order valence-corrected chi connectivity index (χ2v) is 4.32. The normalized spacial score (nSPS) is 10.1. The Morgan fingerprint density at radius 1 is 1.25 bits per heavy atom. The summed E-state index contributed by atoms with van der Waals surface area (Å²) >= 11 is 0. The van der Waals surface area contributed by atoms with Crippen molar-refractivity contribution in [3.05, 3.63) is 54.1 Å². The van der Waals surface area contributed by atoms with Crippen molar-refractivity contribution in [1.82, 2.24) is 15.3 Å². The second-order valence-electron chi connectivity index (χ2n) is 4.32. The fourth-order valence-electron chi connectivity index (χ4n) is 1.75. The number of aryl methyl sites for hydroxylation is 1. The van der Waals surface area contributed by atoms with Crippen molar-refractivity contribution in [1.29, 1.82) is 0 Å². The van der Waals surface area contributed by atoms with Crippen LogP contribution in [0.1, 0.15) is 17.7 Å². The van der Waals surface area contributed by atoms with Gasteiger partial charge in [0.15, 0.2) is 0 Å². The van der Waals surface area contributed by atoms with E-state index in [2.05, 4.69) is 15.3 Å². The van der Waals surface area contributed by atoms with Gasteiger partial charge in [0.25, 0.3) is 0 Å². The lowest BCUT2D eigenvalue weighted by molar-refractivity contribution is -0.121. The fraction of sp³-hybridized carbons (Fsp3) is 0.267. The fourth-order valence-corrected chi connectivity index (χ4v) is 1.75. The van der Waals surface area contributed by atoms with E-state index in [0.29, 0.717) is 19.4 Å². The van der Waals surface area contributed by atoms with Crippen LogP contribution < -0.4 is 10.1 Å². The Morgan fingerprint density at radius 2 is 2.05 bits per heavy atom. The van der Waals surface area contributed by atoms with Crippen LogP contribution >= 0.6 is 0 Å². The Hall–Kier alpha value is -2.43. The van der Waals surface area contributed by atoms with Gasteiger partial charge in [-0.25, -0.2) is 0 Å². The predicted molar refractivity (Wildman–Crippen MR) is 75.2 cm³/mol. The van der Waals surface area contributed by atoms with Crippen molar-refractivity contribution in [3.8, 4) is 5.75 Å². The molecule has 1 aromatic carbocycles. The van der Waals surface area contributed by atoms with Crippen LogP contribution in [0, 0.1) is 0 Å². The zero-order valence-electron chi connectivity index (χ0n) is 11.4. The Balaban J connectivity index is 1.74. The highest BCUT2D eigenvalue weighted by Gasteiger charge is 2.03. The minimum atomic E-state index is 0.00599. The molecule has 0 radical (unpaired) electrons. The molecule has 20 heavy (non-hydrogen) atoms. The van der Waals surface area contributed by atoms with E-state index in [1.807, 2.05) is 24.3 Å². The SMILES string of the molecule is COc1ccc(CCC(=O)NCc2cnccn2)cc1. The molecule has 0 unspecified atom stereocenters. The third-order valence-corrected chi connectivity index (χ3v) is 2.88. The summed E-state index contributed by atoms with van der Waals surface area (Å²) in [6.45, 7) is 0.412. The number of rotatable bonds is 6. The average molecular weight is 271 g/mol. The van der Waals surface area contributed by atoms with Gasteiger partial charge in [0.05, 0.1) is 25.5 Å². The lowest BCUT2D eigenvalue weighted by Crippen LogP contribution is -2.23. The summed E-state index contributed by atoms with van der Waals surface area (Å²) in [4.78, 5) is 19.8. The number of methoxy groups -OCH3 is 1. The number of carbonyl (C=O) groups excluding carboxylic acids is 1. The number of amides is 1. The van der Waals surface area contributed by atoms with Crippen LogP contribution in [0.15, 0.2) is 42.9 Å². The van der Waals surface area contributed by atoms with Crippen molar-refractivity contribution in [3.63, 3.8) is 0 Å². The molecule has 0 aliphatic heterocycles. The van der Waals surface area contributed by atoms with E-state index in [4.69, 9.17) is 4.74 Å². The van der Waals surface area contributed by atoms with Gasteiger partial charge in [-0.2, -0.15) is 0 Å². The van der Waals surface area contributed by atoms with E-state index in [0.717, 1.165) is 17.0 Å². The van der Waals surface area contributed by atoms with Crippen LogP contribution in [0.5, 0.6) is 5.75 Å². The molecule has 0 aliphatic rings. The van der Waals surface area contributed by atoms with Crippen LogP contribution in [-0.2, 0) is 17.8 Å². The smallest absolute Gasteiger partial charge is 0.220 e. The molecule has 1 heterocycles. The molecule has 1 amide bonds. The summed E-state index contributed by atoms with van der Waals surface area (Å²) in [7, 11) is 1.63. The van der Waals surface area contributed by atoms with E-state index < -0.39 is 0 Å². The maximum absolute atomic E-state index is 11.7. The number of hydrogen-bond acceptors (Lipinski definition) is 4. The first-order valence-corrected chi connectivity index (χ1v) is 6.42. The third-order valence-electron chi connectivity index (χ3n) is 2.88. The molecule has 104 valence electrons. The zero-order valence-corrected chi connectivity index (χ0v) is 11.4. The molecule has 5 heteroatoms. The van der Waals surface area contributed by atoms with Gasteiger partial charge >= 0.3 is 0 Å². The molecule has 1 aromatic heterocycles. The number of carbonyl (C=O) groups is 1. The molecule has 0 fully saturated rings. The van der Waals surface area contributed by atoms with Gasteiger partial charge in [0.2, 0.25) is 5.91 Å². The Labute approximate surface area is 118 Å². The zero-order chi connectivity index (χ0) is 14.2. The highest BCUT2D eigenvalue weighted by molar-refractivity contribution is 5.76. The number of nitrogens with one attached hydrogen (secondary N) is 1. The maximum atomic E-state index is 11.7. The van der Waals surface area contributed by atoms with Crippen molar-refractivity contribution in [2.75, 3.05) is 7.11 Å². The van der Waals surface area contributed by atoms with Crippen molar-refractivity contribution >= 4 is 5.91 Å². The first kappa shape index (κ1) is 14.0. The van der Waals surface area contributed by atoms with Crippen molar-refractivity contribution in [2.45, 2.75) is 19.4 Å². The lowest BCUT2D eigenvalue weighted by atomic mass is 10.1. The molecule has 0 aliphatic carbocycles. The first-order chi connectivity index (χ1) is 9.78. The molecule has 0 saturated carbocycles. The number of aromatic nitrogens is 2. The Kier molecular flexibility index (Phi) is 5.06. The van der Waals surface area contributed by atoms with Crippen LogP contribution in [0.25, 0.3) is 0 Å². The van der Waals surface area contributed by atoms with E-state index in [1.165, 1.54) is 0 Å². The van der Waals surface area contributed by atoms with Crippen LogP contribution in [0.4, 0.5) is 0 Å². The molecule has 0 spiro atoms. The van der Waals surface area contributed by atoms with Crippen molar-refractivity contribution in [2.24, 2.45) is 0 Å². The summed E-state index contributed by atoms with van der Waals surface area (Å²) in [6, 6.07) is 7.73. The molecule has 5 nitrogen and oxygen atoms in total. The largest absolute Gasteiger partial charge is 0.497 e. The highest BCUT2D eigenvalue weighted by Crippen LogP contribution is 2.12. The monoisotopic (exact) mass is 271 g/mol. The van der Waals surface area contributed by atoms with Crippen LogP contribution in [-0.4, -0.2) is 23.0 Å². The number of hydrogen-bond donors (Lipinski definition) is 1. The van der Waals surface area contributed by atoms with E-state index in [1.54, 1.807) is 25.7 Å². The first-order valence-electron chi connectivity index (χ1n) is 6.42. The molecule has 0 atom stereocenters. The Bertz CT molecular complexity index is 541. The standard InChI is InChI=1S/C15H17N3O2/c1-20-14-5-2-12(3-6-14)4-7-15(19)18-11-13-10-16-8-9-17-13/h2-3,5-6,8-10H,4,7,11H2,1H3,(H,18,19). The number of ether oxygens (including phenoxy) is 1. The molecular weight excluding hydrogens is 254 g/mol. The van der Waals surface area contributed by atoms with Gasteiger partial charge in [-0.05, 0) is 24.1 Å². The lowest BCUT2D eigenvalue weighted by Gasteiger charge is -2.05. The van der Waals surface area contributed by atoms with E-state index in [9.17, 15) is 4.79 Å². The van der Waals surface area contributed by atoms with Gasteiger partial charge < -0.3 is 10.1 Å². The van der Waals surface area contributed by atoms with Crippen molar-refractivity contribution < 1.29 is 9.53 Å². The average Bonchev–Trinajstić information content (AvgIpc) is 2.52. The minimum Gasteiger partial charge on any atom is -0.497 e. The van der Waals surface area contributed by atoms with Crippen LogP contribution in [0.2, 0.25) is 0 Å². The van der Waals surface area contributed by atoms with Gasteiger partial charge in [-0.3, -0.25) is 14.8 Å². The summed E-state index contributed by atoms with van der Waals surface area (Å²) in [5.74, 6) is 0.826. The molecular formula is C15H17N3O2. The number of nitrogens with zero attached hydrogens (tertiary/aromatic N) is 2. The Morgan fingerprint density at radius 3 is 2.70 bits per heavy atom. The van der Waals surface area contributed by atoms with Crippen LogP contribution in [0.3, 0.4) is 0 Å². The summed E-state index contributed by atoms with van der Waals surface area (Å²) < 4.78 is 5.09. The maximum Gasteiger partial charge on any atom is 0.220 e. The molecule has 1 N–H and O–H groups in total. The van der Waals surface area contributed by atoms with Gasteiger partial charge in [-0.1, -0.05) is 12.1 Å². The quantitative estimate of drug-likeness (QED) is 0.869. The van der Waals surface area contributed by atoms with Gasteiger partial charge in [-0.15, -0.1) is 0 Å². The van der Waals surface area contributed by atoms with Gasteiger partial charge in [0.1, 0.15) is 5.75 Å². The van der Waals surface area contributed by atoms with E-state index >= 15 is 0 Å².